The Morgan fingerprint density at radius 1 is 1.40 bits per heavy atom. The number of furan rings is 1. The summed E-state index contributed by atoms with van der Waals surface area (Å²) in [6.45, 7) is 4.94. The summed E-state index contributed by atoms with van der Waals surface area (Å²) in [5, 5.41) is 17.4. The van der Waals surface area contributed by atoms with Crippen LogP contribution in [0.2, 0.25) is 0 Å². The molecule has 0 aliphatic heterocycles. The number of rotatable bonds is 7. The Kier molecular flexibility index (Phi) is 4.98. The first-order valence-electron chi connectivity index (χ1n) is 7.12. The van der Waals surface area contributed by atoms with E-state index in [9.17, 15) is 5.11 Å². The smallest absolute Gasteiger partial charge is 0.123 e. The summed E-state index contributed by atoms with van der Waals surface area (Å²) in [5.41, 5.74) is 3.60. The molecule has 2 aromatic heterocycles. The highest BCUT2D eigenvalue weighted by Crippen LogP contribution is 2.18. The van der Waals surface area contributed by atoms with Crippen LogP contribution in [0.15, 0.2) is 22.8 Å². The van der Waals surface area contributed by atoms with Crippen molar-refractivity contribution in [1.29, 1.82) is 0 Å². The van der Waals surface area contributed by atoms with E-state index >= 15 is 0 Å². The second-order valence-corrected chi connectivity index (χ2v) is 4.83. The van der Waals surface area contributed by atoms with Crippen LogP contribution in [0.1, 0.15) is 42.6 Å². The number of nitrogens with one attached hydrogen (secondary N) is 1. The Hall–Kier alpha value is -1.59. The van der Waals surface area contributed by atoms with Crippen LogP contribution >= 0.6 is 0 Å². The van der Waals surface area contributed by atoms with Gasteiger partial charge in [-0.05, 0) is 25.0 Å². The van der Waals surface area contributed by atoms with E-state index in [0.717, 1.165) is 24.3 Å². The zero-order valence-corrected chi connectivity index (χ0v) is 12.4. The van der Waals surface area contributed by atoms with Gasteiger partial charge in [0.1, 0.15) is 5.76 Å². The van der Waals surface area contributed by atoms with Crippen LogP contribution in [-0.4, -0.2) is 21.5 Å². The SMILES string of the molecule is CCc1nn(C)c(CC)c1CNC(CO)c1ccco1. The summed E-state index contributed by atoms with van der Waals surface area (Å²) in [7, 11) is 1.98. The van der Waals surface area contributed by atoms with Gasteiger partial charge in [0, 0.05) is 24.8 Å². The topological polar surface area (TPSA) is 63.2 Å². The number of hydrogen-bond acceptors (Lipinski definition) is 4. The second kappa shape index (κ2) is 6.72. The van der Waals surface area contributed by atoms with E-state index in [1.54, 1.807) is 6.26 Å². The molecule has 1 atom stereocenters. The molecule has 0 bridgehead atoms. The molecule has 110 valence electrons. The third kappa shape index (κ3) is 2.94. The first-order chi connectivity index (χ1) is 9.71. The van der Waals surface area contributed by atoms with Gasteiger partial charge < -0.3 is 14.8 Å². The Balaban J connectivity index is 2.13. The molecule has 2 rings (SSSR count). The molecule has 0 aliphatic carbocycles. The van der Waals surface area contributed by atoms with E-state index < -0.39 is 0 Å². The van der Waals surface area contributed by atoms with Gasteiger partial charge in [-0.3, -0.25) is 4.68 Å². The molecule has 0 radical (unpaired) electrons. The normalized spacial score (nSPS) is 12.8. The molecule has 0 saturated heterocycles. The maximum atomic E-state index is 9.49. The minimum absolute atomic E-state index is 0.0106. The molecule has 0 amide bonds. The minimum atomic E-state index is -0.181. The van der Waals surface area contributed by atoms with E-state index in [0.29, 0.717) is 6.54 Å². The van der Waals surface area contributed by atoms with Crippen molar-refractivity contribution in [2.45, 2.75) is 39.3 Å². The van der Waals surface area contributed by atoms with E-state index in [1.807, 2.05) is 23.9 Å². The maximum absolute atomic E-state index is 9.49. The Bertz CT molecular complexity index is 532. The average Bonchev–Trinajstić information content (AvgIpc) is 3.07. The van der Waals surface area contributed by atoms with Crippen molar-refractivity contribution in [1.82, 2.24) is 15.1 Å². The lowest BCUT2D eigenvalue weighted by molar-refractivity contribution is 0.225. The highest BCUT2D eigenvalue weighted by molar-refractivity contribution is 5.26. The number of aryl methyl sites for hydroxylation is 2. The Morgan fingerprint density at radius 2 is 2.20 bits per heavy atom. The highest BCUT2D eigenvalue weighted by atomic mass is 16.3. The van der Waals surface area contributed by atoms with Crippen molar-refractivity contribution in [3.05, 3.63) is 41.1 Å². The van der Waals surface area contributed by atoms with Crippen LogP contribution < -0.4 is 5.32 Å². The predicted molar refractivity (Wildman–Crippen MR) is 77.3 cm³/mol. The second-order valence-electron chi connectivity index (χ2n) is 4.83. The molecule has 2 N–H and O–H groups in total. The number of hydrogen-bond donors (Lipinski definition) is 2. The first-order valence-corrected chi connectivity index (χ1v) is 7.12. The Morgan fingerprint density at radius 3 is 2.75 bits per heavy atom. The number of aromatic nitrogens is 2. The predicted octanol–water partition coefficient (Wildman–Crippen LogP) is 1.96. The lowest BCUT2D eigenvalue weighted by Crippen LogP contribution is -2.24. The minimum Gasteiger partial charge on any atom is -0.468 e. The lowest BCUT2D eigenvalue weighted by Gasteiger charge is -2.14. The van der Waals surface area contributed by atoms with Crippen LogP contribution in [0.25, 0.3) is 0 Å². The third-order valence-corrected chi connectivity index (χ3v) is 3.62. The maximum Gasteiger partial charge on any atom is 0.123 e. The van der Waals surface area contributed by atoms with Crippen LogP contribution in [0.5, 0.6) is 0 Å². The molecule has 0 saturated carbocycles. The van der Waals surface area contributed by atoms with Gasteiger partial charge in [0.2, 0.25) is 0 Å². The summed E-state index contributed by atoms with van der Waals surface area (Å²) in [6, 6.07) is 3.52. The molecular weight excluding hydrogens is 254 g/mol. The standard InChI is InChI=1S/C15H23N3O2/c1-4-12-11(14(5-2)18(3)17-12)9-16-13(10-19)15-7-6-8-20-15/h6-8,13,16,19H,4-5,9-10H2,1-3H3. The third-order valence-electron chi connectivity index (χ3n) is 3.62. The molecule has 0 fully saturated rings. The summed E-state index contributed by atoms with van der Waals surface area (Å²) in [5.74, 6) is 0.757. The molecule has 0 aliphatic rings. The van der Waals surface area contributed by atoms with E-state index in [1.165, 1.54) is 11.3 Å². The van der Waals surface area contributed by atoms with Crippen LogP contribution in [-0.2, 0) is 26.4 Å². The molecule has 0 aromatic carbocycles. The van der Waals surface area contributed by atoms with Crippen molar-refractivity contribution >= 4 is 0 Å². The van der Waals surface area contributed by atoms with E-state index in [-0.39, 0.29) is 12.6 Å². The molecule has 2 heterocycles. The quantitative estimate of drug-likeness (QED) is 0.812. The van der Waals surface area contributed by atoms with Gasteiger partial charge in [-0.1, -0.05) is 13.8 Å². The van der Waals surface area contributed by atoms with Crippen molar-refractivity contribution in [3.63, 3.8) is 0 Å². The van der Waals surface area contributed by atoms with Crippen LogP contribution in [0, 0.1) is 0 Å². The van der Waals surface area contributed by atoms with E-state index in [2.05, 4.69) is 24.3 Å². The summed E-state index contributed by atoms with van der Waals surface area (Å²) < 4.78 is 7.31. The average molecular weight is 277 g/mol. The molecule has 5 nitrogen and oxygen atoms in total. The van der Waals surface area contributed by atoms with Gasteiger partial charge in [-0.15, -0.1) is 0 Å². The number of nitrogens with zero attached hydrogens (tertiary/aromatic N) is 2. The molecule has 1 unspecified atom stereocenters. The lowest BCUT2D eigenvalue weighted by atomic mass is 10.1. The van der Waals surface area contributed by atoms with Crippen molar-refractivity contribution in [2.24, 2.45) is 7.05 Å². The van der Waals surface area contributed by atoms with Crippen molar-refractivity contribution in [3.8, 4) is 0 Å². The monoisotopic (exact) mass is 277 g/mol. The fraction of sp³-hybridized carbons (Fsp3) is 0.533. The zero-order chi connectivity index (χ0) is 14.5. The van der Waals surface area contributed by atoms with Crippen molar-refractivity contribution in [2.75, 3.05) is 6.61 Å². The van der Waals surface area contributed by atoms with Crippen molar-refractivity contribution < 1.29 is 9.52 Å². The van der Waals surface area contributed by atoms with Gasteiger partial charge in [-0.2, -0.15) is 5.10 Å². The first kappa shape index (κ1) is 14.8. The zero-order valence-electron chi connectivity index (χ0n) is 12.4. The largest absolute Gasteiger partial charge is 0.468 e. The highest BCUT2D eigenvalue weighted by Gasteiger charge is 2.17. The molecule has 20 heavy (non-hydrogen) atoms. The van der Waals surface area contributed by atoms with Crippen LogP contribution in [0.4, 0.5) is 0 Å². The summed E-state index contributed by atoms with van der Waals surface area (Å²) >= 11 is 0. The molecule has 5 heteroatoms. The Labute approximate surface area is 119 Å². The number of aliphatic hydroxyl groups is 1. The molecule has 0 spiro atoms. The molecular formula is C15H23N3O2. The van der Waals surface area contributed by atoms with Gasteiger partial charge in [0.05, 0.1) is 24.6 Å². The fourth-order valence-corrected chi connectivity index (χ4v) is 2.56. The van der Waals surface area contributed by atoms with Crippen LogP contribution in [0.3, 0.4) is 0 Å². The van der Waals surface area contributed by atoms with E-state index in [4.69, 9.17) is 4.42 Å². The van der Waals surface area contributed by atoms with Gasteiger partial charge in [-0.25, -0.2) is 0 Å². The summed E-state index contributed by atoms with van der Waals surface area (Å²) in [4.78, 5) is 0. The van der Waals surface area contributed by atoms with Gasteiger partial charge in [0.25, 0.3) is 0 Å². The fourth-order valence-electron chi connectivity index (χ4n) is 2.56. The van der Waals surface area contributed by atoms with Gasteiger partial charge in [0.15, 0.2) is 0 Å². The molecule has 2 aromatic rings. The van der Waals surface area contributed by atoms with Gasteiger partial charge >= 0.3 is 0 Å². The number of aliphatic hydroxyl groups excluding tert-OH is 1. The summed E-state index contributed by atoms with van der Waals surface area (Å²) in [6.07, 6.45) is 3.49.